The smallest absolute Gasteiger partial charge is 0.0658 e. The second kappa shape index (κ2) is 6.36. The molecule has 1 aliphatic rings. The molecule has 3 heteroatoms. The molecule has 1 fully saturated rings. The Morgan fingerprint density at radius 2 is 1.89 bits per heavy atom. The Hall–Kier alpha value is -0.120. The van der Waals surface area contributed by atoms with Crippen molar-refractivity contribution in [3.63, 3.8) is 0 Å². The molecule has 0 aromatic heterocycles. The van der Waals surface area contributed by atoms with Gasteiger partial charge in [0.25, 0.3) is 0 Å². The van der Waals surface area contributed by atoms with Crippen LogP contribution in [0, 0.1) is 5.41 Å². The molecule has 0 saturated heterocycles. The van der Waals surface area contributed by atoms with Crippen LogP contribution in [0.4, 0.5) is 0 Å². The van der Waals surface area contributed by atoms with E-state index in [9.17, 15) is 0 Å². The fourth-order valence-corrected chi connectivity index (χ4v) is 3.23. The number of nitrogens with two attached hydrogens (primary N) is 1. The van der Waals surface area contributed by atoms with Gasteiger partial charge in [-0.2, -0.15) is 0 Å². The molecule has 0 amide bonds. The highest BCUT2D eigenvalue weighted by Crippen LogP contribution is 2.38. The van der Waals surface area contributed by atoms with Crippen molar-refractivity contribution < 1.29 is 4.74 Å². The summed E-state index contributed by atoms with van der Waals surface area (Å²) in [4.78, 5) is 2.51. The zero-order chi connectivity index (χ0) is 13.8. The Bertz CT molecular complexity index is 239. The molecule has 1 unspecified atom stereocenters. The molecule has 1 rings (SSSR count). The SMILES string of the molecule is CCC(CN)(COC)N(C)C1CCC(C)(C)CC1. The first-order chi connectivity index (χ1) is 8.40. The number of rotatable bonds is 6. The first kappa shape index (κ1) is 15.9. The minimum atomic E-state index is 0.0148. The monoisotopic (exact) mass is 256 g/mol. The maximum Gasteiger partial charge on any atom is 0.0658 e. The highest BCUT2D eigenvalue weighted by molar-refractivity contribution is 4.94. The molecule has 1 aliphatic carbocycles. The zero-order valence-corrected chi connectivity index (χ0v) is 13.0. The maximum absolute atomic E-state index is 6.04. The van der Waals surface area contributed by atoms with Gasteiger partial charge in [-0.1, -0.05) is 20.8 Å². The molecule has 1 atom stereocenters. The van der Waals surface area contributed by atoms with Gasteiger partial charge in [0.15, 0.2) is 0 Å². The van der Waals surface area contributed by atoms with E-state index in [-0.39, 0.29) is 5.54 Å². The molecule has 0 aliphatic heterocycles. The summed E-state index contributed by atoms with van der Waals surface area (Å²) >= 11 is 0. The van der Waals surface area contributed by atoms with Crippen LogP contribution in [-0.2, 0) is 4.74 Å². The highest BCUT2D eigenvalue weighted by atomic mass is 16.5. The Balaban J connectivity index is 2.69. The molecule has 0 aromatic rings. The van der Waals surface area contributed by atoms with Crippen molar-refractivity contribution in [3.8, 4) is 0 Å². The van der Waals surface area contributed by atoms with Gasteiger partial charge < -0.3 is 10.5 Å². The predicted molar refractivity (Wildman–Crippen MR) is 77.8 cm³/mol. The standard InChI is InChI=1S/C15H32N2O/c1-6-15(11-16,12-18-5)17(4)13-7-9-14(2,3)10-8-13/h13H,6-12,16H2,1-5H3. The minimum Gasteiger partial charge on any atom is -0.383 e. The zero-order valence-electron chi connectivity index (χ0n) is 13.0. The first-order valence-electron chi connectivity index (χ1n) is 7.33. The second-order valence-corrected chi connectivity index (χ2v) is 6.72. The minimum absolute atomic E-state index is 0.0148. The Morgan fingerprint density at radius 1 is 1.33 bits per heavy atom. The van der Waals surface area contributed by atoms with E-state index >= 15 is 0 Å². The van der Waals surface area contributed by atoms with Gasteiger partial charge in [-0.15, -0.1) is 0 Å². The molecular weight excluding hydrogens is 224 g/mol. The number of likely N-dealkylation sites (N-methyl/N-ethyl adjacent to an activating group) is 1. The summed E-state index contributed by atoms with van der Waals surface area (Å²) in [6.45, 7) is 8.39. The molecule has 18 heavy (non-hydrogen) atoms. The van der Waals surface area contributed by atoms with Crippen LogP contribution in [0.15, 0.2) is 0 Å². The van der Waals surface area contributed by atoms with E-state index in [0.29, 0.717) is 18.0 Å². The summed E-state index contributed by atoms with van der Waals surface area (Å²) in [5, 5.41) is 0. The molecule has 0 bridgehead atoms. The summed E-state index contributed by atoms with van der Waals surface area (Å²) in [7, 11) is 4.01. The van der Waals surface area contributed by atoms with Gasteiger partial charge in [0.05, 0.1) is 12.1 Å². The van der Waals surface area contributed by atoms with Crippen molar-refractivity contribution in [1.82, 2.24) is 4.90 Å². The number of hydrogen-bond donors (Lipinski definition) is 1. The molecule has 3 nitrogen and oxygen atoms in total. The van der Waals surface area contributed by atoms with Gasteiger partial charge in [-0.25, -0.2) is 0 Å². The summed E-state index contributed by atoms with van der Waals surface area (Å²) in [6.07, 6.45) is 6.26. The van der Waals surface area contributed by atoms with Crippen LogP contribution in [0.25, 0.3) is 0 Å². The number of hydrogen-bond acceptors (Lipinski definition) is 3. The van der Waals surface area contributed by atoms with Crippen LogP contribution >= 0.6 is 0 Å². The lowest BCUT2D eigenvalue weighted by atomic mass is 9.74. The Kier molecular flexibility index (Phi) is 5.63. The van der Waals surface area contributed by atoms with E-state index in [1.165, 1.54) is 25.7 Å². The van der Waals surface area contributed by atoms with Gasteiger partial charge in [-0.05, 0) is 44.6 Å². The summed E-state index contributed by atoms with van der Waals surface area (Å²) in [6, 6.07) is 0.664. The van der Waals surface area contributed by atoms with E-state index in [1.807, 2.05) is 0 Å². The quantitative estimate of drug-likeness (QED) is 0.794. The van der Waals surface area contributed by atoms with Gasteiger partial charge in [0.2, 0.25) is 0 Å². The third-order valence-electron chi connectivity index (χ3n) is 5.06. The molecule has 0 spiro atoms. The lowest BCUT2D eigenvalue weighted by Crippen LogP contribution is -2.59. The Morgan fingerprint density at radius 3 is 2.28 bits per heavy atom. The molecule has 108 valence electrons. The summed E-state index contributed by atoms with van der Waals surface area (Å²) in [5.41, 5.74) is 6.58. The van der Waals surface area contributed by atoms with Crippen LogP contribution in [0.1, 0.15) is 52.9 Å². The summed E-state index contributed by atoms with van der Waals surface area (Å²) in [5.74, 6) is 0. The van der Waals surface area contributed by atoms with Crippen molar-refractivity contribution in [2.75, 3.05) is 27.3 Å². The molecule has 0 radical (unpaired) electrons. The lowest BCUT2D eigenvalue weighted by Gasteiger charge is -2.48. The fourth-order valence-electron chi connectivity index (χ4n) is 3.23. The predicted octanol–water partition coefficient (Wildman–Crippen LogP) is 2.64. The molecule has 0 heterocycles. The highest BCUT2D eigenvalue weighted by Gasteiger charge is 2.38. The van der Waals surface area contributed by atoms with Gasteiger partial charge in [0.1, 0.15) is 0 Å². The Labute approximate surface area is 113 Å². The summed E-state index contributed by atoms with van der Waals surface area (Å²) < 4.78 is 5.42. The van der Waals surface area contributed by atoms with E-state index in [4.69, 9.17) is 10.5 Å². The van der Waals surface area contributed by atoms with E-state index in [2.05, 4.69) is 32.7 Å². The average Bonchev–Trinajstić information content (AvgIpc) is 2.35. The van der Waals surface area contributed by atoms with E-state index < -0.39 is 0 Å². The van der Waals surface area contributed by atoms with Crippen LogP contribution in [0.2, 0.25) is 0 Å². The molecular formula is C15H32N2O. The molecule has 2 N–H and O–H groups in total. The van der Waals surface area contributed by atoms with Crippen LogP contribution in [-0.4, -0.2) is 43.8 Å². The van der Waals surface area contributed by atoms with Crippen LogP contribution in [0.3, 0.4) is 0 Å². The van der Waals surface area contributed by atoms with Gasteiger partial charge in [0, 0.05) is 19.7 Å². The van der Waals surface area contributed by atoms with Crippen molar-refractivity contribution >= 4 is 0 Å². The number of methoxy groups -OCH3 is 1. The topological polar surface area (TPSA) is 38.5 Å². The number of ether oxygens (including phenoxy) is 1. The van der Waals surface area contributed by atoms with Gasteiger partial charge >= 0.3 is 0 Å². The van der Waals surface area contributed by atoms with Gasteiger partial charge in [-0.3, -0.25) is 4.90 Å². The van der Waals surface area contributed by atoms with Crippen LogP contribution < -0.4 is 5.73 Å². The molecule has 1 saturated carbocycles. The normalized spacial score (nSPS) is 24.2. The average molecular weight is 256 g/mol. The van der Waals surface area contributed by atoms with Crippen molar-refractivity contribution in [1.29, 1.82) is 0 Å². The molecule has 0 aromatic carbocycles. The van der Waals surface area contributed by atoms with E-state index in [0.717, 1.165) is 13.0 Å². The van der Waals surface area contributed by atoms with Crippen molar-refractivity contribution in [3.05, 3.63) is 0 Å². The lowest BCUT2D eigenvalue weighted by molar-refractivity contribution is -0.0158. The largest absolute Gasteiger partial charge is 0.383 e. The van der Waals surface area contributed by atoms with Crippen LogP contribution in [0.5, 0.6) is 0 Å². The maximum atomic E-state index is 6.04. The fraction of sp³-hybridized carbons (Fsp3) is 1.00. The third-order valence-corrected chi connectivity index (χ3v) is 5.06. The second-order valence-electron chi connectivity index (χ2n) is 6.72. The number of nitrogens with zero attached hydrogens (tertiary/aromatic N) is 1. The first-order valence-corrected chi connectivity index (χ1v) is 7.33. The third kappa shape index (κ3) is 3.46. The van der Waals surface area contributed by atoms with Crippen molar-refractivity contribution in [2.24, 2.45) is 11.1 Å². The van der Waals surface area contributed by atoms with Crippen molar-refractivity contribution in [2.45, 2.75) is 64.5 Å². The van der Waals surface area contributed by atoms with E-state index in [1.54, 1.807) is 7.11 Å².